The van der Waals surface area contributed by atoms with Crippen LogP contribution < -0.4 is 15.4 Å². The highest BCUT2D eigenvalue weighted by Gasteiger charge is 2.53. The number of carbonyl (C=O) groups excluding carboxylic acids is 3. The Hall–Kier alpha value is -3.35. The van der Waals surface area contributed by atoms with Crippen LogP contribution in [-0.2, 0) is 21.5 Å². The molecule has 1 fully saturated rings. The van der Waals surface area contributed by atoms with E-state index in [2.05, 4.69) is 17.6 Å². The number of rotatable bonds is 7. The van der Waals surface area contributed by atoms with Crippen LogP contribution in [0.4, 0.5) is 10.5 Å². The summed E-state index contributed by atoms with van der Waals surface area (Å²) in [6.45, 7) is 7.32. The highest BCUT2D eigenvalue weighted by molar-refractivity contribution is 6.11. The van der Waals surface area contributed by atoms with Gasteiger partial charge in [-0.05, 0) is 67.6 Å². The van der Waals surface area contributed by atoms with E-state index in [1.807, 2.05) is 44.2 Å². The second-order valence-corrected chi connectivity index (χ2v) is 7.76. The average Bonchev–Trinajstić information content (AvgIpc) is 3.04. The van der Waals surface area contributed by atoms with Crippen molar-refractivity contribution in [2.75, 3.05) is 12.4 Å². The molecule has 0 aliphatic carbocycles. The lowest BCUT2D eigenvalue weighted by Gasteiger charge is -2.27. The Kier molecular flexibility index (Phi) is 6.34. The van der Waals surface area contributed by atoms with Crippen LogP contribution in [0.15, 0.2) is 42.5 Å². The standard InChI is InChI=1S/C24H29N3O4/c1-6-17-8-11-19(12-9-17)25-21(28)16(4)27-22(29)24(7-2,26-23(27)30)18-10-13-20(31-5)15(3)14-18/h8-14,16H,6-7H2,1-5H3,(H,25,28)(H,26,30). The van der Waals surface area contributed by atoms with E-state index in [9.17, 15) is 14.4 Å². The molecule has 1 aliphatic heterocycles. The van der Waals surface area contributed by atoms with Crippen molar-refractivity contribution in [2.45, 2.75) is 52.1 Å². The second kappa shape index (κ2) is 8.79. The summed E-state index contributed by atoms with van der Waals surface area (Å²) in [6.07, 6.45) is 1.25. The topological polar surface area (TPSA) is 87.7 Å². The molecule has 2 atom stereocenters. The minimum Gasteiger partial charge on any atom is -0.496 e. The Morgan fingerprint density at radius 2 is 1.84 bits per heavy atom. The van der Waals surface area contributed by atoms with E-state index in [0.717, 1.165) is 22.4 Å². The summed E-state index contributed by atoms with van der Waals surface area (Å²) in [5.74, 6) is -0.162. The van der Waals surface area contributed by atoms with Crippen LogP contribution in [-0.4, -0.2) is 35.9 Å². The molecule has 2 aromatic carbocycles. The normalized spacial score (nSPS) is 19.2. The number of hydrogen-bond donors (Lipinski definition) is 2. The highest BCUT2D eigenvalue weighted by atomic mass is 16.5. The van der Waals surface area contributed by atoms with Crippen molar-refractivity contribution in [1.29, 1.82) is 0 Å². The van der Waals surface area contributed by atoms with Gasteiger partial charge in [0, 0.05) is 5.69 Å². The van der Waals surface area contributed by atoms with E-state index in [4.69, 9.17) is 4.74 Å². The smallest absolute Gasteiger partial charge is 0.326 e. The molecule has 164 valence electrons. The van der Waals surface area contributed by atoms with Gasteiger partial charge in [-0.2, -0.15) is 0 Å². The number of nitrogens with zero attached hydrogens (tertiary/aromatic N) is 1. The molecule has 1 heterocycles. The van der Waals surface area contributed by atoms with E-state index >= 15 is 0 Å². The zero-order valence-electron chi connectivity index (χ0n) is 18.6. The van der Waals surface area contributed by atoms with Crippen molar-refractivity contribution < 1.29 is 19.1 Å². The molecule has 0 saturated carbocycles. The Labute approximate surface area is 182 Å². The summed E-state index contributed by atoms with van der Waals surface area (Å²) < 4.78 is 5.30. The molecule has 3 rings (SSSR count). The molecule has 0 aromatic heterocycles. The first kappa shape index (κ1) is 22.3. The second-order valence-electron chi connectivity index (χ2n) is 7.76. The van der Waals surface area contributed by atoms with Gasteiger partial charge < -0.3 is 15.4 Å². The van der Waals surface area contributed by atoms with Crippen LogP contribution in [0.3, 0.4) is 0 Å². The quantitative estimate of drug-likeness (QED) is 0.664. The molecule has 2 aromatic rings. The lowest BCUT2D eigenvalue weighted by atomic mass is 9.86. The predicted molar refractivity (Wildman–Crippen MR) is 119 cm³/mol. The van der Waals surface area contributed by atoms with Crippen LogP contribution >= 0.6 is 0 Å². The Bertz CT molecular complexity index is 1000. The molecular formula is C24H29N3O4. The maximum absolute atomic E-state index is 13.4. The number of ether oxygens (including phenoxy) is 1. The largest absolute Gasteiger partial charge is 0.496 e. The van der Waals surface area contributed by atoms with Gasteiger partial charge in [-0.1, -0.05) is 32.0 Å². The molecule has 1 saturated heterocycles. The van der Waals surface area contributed by atoms with E-state index in [1.165, 1.54) is 0 Å². The summed E-state index contributed by atoms with van der Waals surface area (Å²) in [5.41, 5.74) is 2.08. The minimum atomic E-state index is -1.22. The number of amides is 4. The van der Waals surface area contributed by atoms with Gasteiger partial charge in [0.25, 0.3) is 5.91 Å². The van der Waals surface area contributed by atoms with Gasteiger partial charge in [0.1, 0.15) is 17.3 Å². The lowest BCUT2D eigenvalue weighted by Crippen LogP contribution is -2.48. The van der Waals surface area contributed by atoms with E-state index < -0.39 is 29.4 Å². The number of methoxy groups -OCH3 is 1. The molecule has 1 aliphatic rings. The zero-order chi connectivity index (χ0) is 22.8. The van der Waals surface area contributed by atoms with Crippen molar-refractivity contribution in [3.8, 4) is 5.75 Å². The van der Waals surface area contributed by atoms with Gasteiger partial charge >= 0.3 is 6.03 Å². The molecule has 7 heteroatoms. The zero-order valence-corrected chi connectivity index (χ0v) is 18.6. The monoisotopic (exact) mass is 423 g/mol. The van der Waals surface area contributed by atoms with Crippen LogP contribution in [0.5, 0.6) is 5.75 Å². The van der Waals surface area contributed by atoms with Crippen LogP contribution in [0.2, 0.25) is 0 Å². The third kappa shape index (κ3) is 4.00. The molecule has 4 amide bonds. The van der Waals surface area contributed by atoms with Crippen molar-refractivity contribution in [2.24, 2.45) is 0 Å². The van der Waals surface area contributed by atoms with Gasteiger partial charge in [0.15, 0.2) is 0 Å². The van der Waals surface area contributed by atoms with E-state index in [-0.39, 0.29) is 0 Å². The fourth-order valence-electron chi connectivity index (χ4n) is 3.92. The number of imide groups is 1. The van der Waals surface area contributed by atoms with Crippen molar-refractivity contribution in [3.05, 3.63) is 59.2 Å². The maximum atomic E-state index is 13.4. The van der Waals surface area contributed by atoms with Gasteiger partial charge in [0.2, 0.25) is 5.91 Å². The van der Waals surface area contributed by atoms with Crippen LogP contribution in [0.25, 0.3) is 0 Å². The SMILES string of the molecule is CCc1ccc(NC(=O)C(C)N2C(=O)NC(CC)(c3ccc(OC)c(C)c3)C2=O)cc1. The summed E-state index contributed by atoms with van der Waals surface area (Å²) in [7, 11) is 1.58. The predicted octanol–water partition coefficient (Wildman–Crippen LogP) is 3.75. The van der Waals surface area contributed by atoms with Crippen molar-refractivity contribution >= 4 is 23.5 Å². The van der Waals surface area contributed by atoms with E-state index in [0.29, 0.717) is 23.4 Å². The lowest BCUT2D eigenvalue weighted by molar-refractivity contribution is -0.136. The third-order valence-electron chi connectivity index (χ3n) is 5.94. The molecule has 2 N–H and O–H groups in total. The number of hydrogen-bond acceptors (Lipinski definition) is 4. The average molecular weight is 424 g/mol. The summed E-state index contributed by atoms with van der Waals surface area (Å²) in [4.78, 5) is 40.1. The van der Waals surface area contributed by atoms with Crippen LogP contribution in [0.1, 0.15) is 43.9 Å². The Balaban J connectivity index is 1.84. The first-order valence-corrected chi connectivity index (χ1v) is 10.5. The number of carbonyl (C=O) groups is 3. The van der Waals surface area contributed by atoms with Gasteiger partial charge in [-0.3, -0.25) is 9.59 Å². The fourth-order valence-corrected chi connectivity index (χ4v) is 3.92. The summed E-state index contributed by atoms with van der Waals surface area (Å²) >= 11 is 0. The number of aryl methyl sites for hydroxylation is 2. The highest BCUT2D eigenvalue weighted by Crippen LogP contribution is 2.35. The van der Waals surface area contributed by atoms with Gasteiger partial charge in [-0.15, -0.1) is 0 Å². The maximum Gasteiger partial charge on any atom is 0.326 e. The molecule has 0 radical (unpaired) electrons. The molecule has 7 nitrogen and oxygen atoms in total. The molecule has 2 unspecified atom stereocenters. The molecule has 31 heavy (non-hydrogen) atoms. The van der Waals surface area contributed by atoms with E-state index in [1.54, 1.807) is 26.2 Å². The molecule has 0 spiro atoms. The van der Waals surface area contributed by atoms with Crippen molar-refractivity contribution in [3.63, 3.8) is 0 Å². The molecular weight excluding hydrogens is 394 g/mol. The Morgan fingerprint density at radius 3 is 2.39 bits per heavy atom. The summed E-state index contributed by atoms with van der Waals surface area (Å²) in [5, 5.41) is 5.62. The first-order chi connectivity index (χ1) is 14.8. The number of benzene rings is 2. The van der Waals surface area contributed by atoms with Crippen LogP contribution in [0, 0.1) is 6.92 Å². The Morgan fingerprint density at radius 1 is 1.16 bits per heavy atom. The van der Waals surface area contributed by atoms with Gasteiger partial charge in [-0.25, -0.2) is 9.69 Å². The number of anilines is 1. The minimum absolute atomic E-state index is 0.354. The van der Waals surface area contributed by atoms with Crippen molar-refractivity contribution in [1.82, 2.24) is 10.2 Å². The third-order valence-corrected chi connectivity index (χ3v) is 5.94. The van der Waals surface area contributed by atoms with Gasteiger partial charge in [0.05, 0.1) is 7.11 Å². The fraction of sp³-hybridized carbons (Fsp3) is 0.375. The number of urea groups is 1. The first-order valence-electron chi connectivity index (χ1n) is 10.5. The number of nitrogens with one attached hydrogen (secondary N) is 2. The summed E-state index contributed by atoms with van der Waals surface area (Å²) in [6, 6.07) is 11.3. The molecule has 0 bridgehead atoms.